The molecule has 0 amide bonds. The van der Waals surface area contributed by atoms with E-state index in [4.69, 9.17) is 16.1 Å². The molecule has 0 saturated carbocycles. The molecule has 0 fully saturated rings. The number of imidazole rings is 1. The summed E-state index contributed by atoms with van der Waals surface area (Å²) in [6.45, 7) is 2.44. The lowest BCUT2D eigenvalue weighted by Crippen LogP contribution is -2.06. The normalized spacial score (nSPS) is 13.0. The van der Waals surface area contributed by atoms with Crippen LogP contribution in [0.2, 0.25) is 0 Å². The van der Waals surface area contributed by atoms with Crippen LogP contribution in [-0.4, -0.2) is 19.7 Å². The maximum atomic E-state index is 6.16. The number of pyridine rings is 1. The summed E-state index contributed by atoms with van der Waals surface area (Å²) in [6.07, 6.45) is 3.29. The molecule has 1 atom stereocenters. The van der Waals surface area contributed by atoms with Crippen LogP contribution in [0.4, 0.5) is 0 Å². The Labute approximate surface area is 108 Å². The average molecular weight is 263 g/mol. The van der Waals surface area contributed by atoms with Gasteiger partial charge in [0.05, 0.1) is 11.9 Å². The van der Waals surface area contributed by atoms with Crippen molar-refractivity contribution in [2.45, 2.75) is 18.8 Å². The number of hydrogen-bond acceptors (Lipinski definition) is 4. The van der Waals surface area contributed by atoms with Crippen molar-refractivity contribution in [1.82, 2.24) is 19.7 Å². The Kier molecular flexibility index (Phi) is 2.76. The van der Waals surface area contributed by atoms with Gasteiger partial charge in [-0.2, -0.15) is 0 Å². The topological polar surface area (TPSA) is 56.7 Å². The van der Waals surface area contributed by atoms with Crippen molar-refractivity contribution < 1.29 is 4.52 Å². The molecule has 6 heteroatoms. The average Bonchev–Trinajstić information content (AvgIpc) is 2.98. The van der Waals surface area contributed by atoms with Crippen molar-refractivity contribution in [2.24, 2.45) is 0 Å². The number of hydrogen-bond donors (Lipinski definition) is 0. The Balaban J connectivity index is 2.15. The maximum absolute atomic E-state index is 6.16. The molecule has 3 aromatic rings. The number of aromatic nitrogens is 4. The molecule has 18 heavy (non-hydrogen) atoms. The second-order valence-electron chi connectivity index (χ2n) is 4.01. The third-order valence-corrected chi connectivity index (χ3v) is 2.90. The molecule has 0 spiro atoms. The van der Waals surface area contributed by atoms with Crippen LogP contribution in [0.25, 0.3) is 11.2 Å². The van der Waals surface area contributed by atoms with Gasteiger partial charge in [-0.3, -0.25) is 0 Å². The highest BCUT2D eigenvalue weighted by atomic mass is 35.5. The summed E-state index contributed by atoms with van der Waals surface area (Å²) < 4.78 is 6.80. The fourth-order valence-corrected chi connectivity index (χ4v) is 2.08. The predicted molar refractivity (Wildman–Crippen MR) is 67.4 cm³/mol. The monoisotopic (exact) mass is 262 g/mol. The quantitative estimate of drug-likeness (QED) is 0.681. The van der Waals surface area contributed by atoms with Crippen LogP contribution in [0.1, 0.15) is 23.8 Å². The Bertz CT molecular complexity index is 660. The van der Waals surface area contributed by atoms with Gasteiger partial charge in [0, 0.05) is 12.3 Å². The van der Waals surface area contributed by atoms with E-state index in [2.05, 4.69) is 15.1 Å². The van der Waals surface area contributed by atoms with Crippen LogP contribution in [0.5, 0.6) is 0 Å². The van der Waals surface area contributed by atoms with Crippen molar-refractivity contribution >= 4 is 22.8 Å². The molecule has 0 aliphatic heterocycles. The number of nitrogens with zero attached hydrogens (tertiary/aromatic N) is 4. The molecule has 0 bridgehead atoms. The molecular weight excluding hydrogens is 252 g/mol. The highest BCUT2D eigenvalue weighted by Gasteiger charge is 2.16. The minimum atomic E-state index is -0.189. The van der Waals surface area contributed by atoms with E-state index in [-0.39, 0.29) is 5.38 Å². The molecule has 3 rings (SSSR count). The molecule has 0 radical (unpaired) electrons. The summed E-state index contributed by atoms with van der Waals surface area (Å²) in [5.41, 5.74) is 2.46. The van der Waals surface area contributed by atoms with Gasteiger partial charge in [-0.05, 0) is 19.1 Å². The second-order valence-corrected chi connectivity index (χ2v) is 4.66. The third-order valence-electron chi connectivity index (χ3n) is 2.70. The molecule has 0 N–H and O–H groups in total. The molecule has 0 aliphatic carbocycles. The van der Waals surface area contributed by atoms with E-state index < -0.39 is 0 Å². The van der Waals surface area contributed by atoms with Gasteiger partial charge < -0.3 is 9.09 Å². The van der Waals surface area contributed by atoms with E-state index >= 15 is 0 Å². The third kappa shape index (κ3) is 1.86. The zero-order valence-electron chi connectivity index (χ0n) is 9.75. The lowest BCUT2D eigenvalue weighted by atomic mass is 10.4. The van der Waals surface area contributed by atoms with E-state index in [0.717, 1.165) is 22.7 Å². The Morgan fingerprint density at radius 2 is 2.33 bits per heavy atom. The van der Waals surface area contributed by atoms with Gasteiger partial charge in [-0.15, -0.1) is 11.6 Å². The lowest BCUT2D eigenvalue weighted by molar-refractivity contribution is 0.409. The summed E-state index contributed by atoms with van der Waals surface area (Å²) in [4.78, 5) is 8.85. The van der Waals surface area contributed by atoms with Gasteiger partial charge in [0.25, 0.3) is 0 Å². The first-order valence-corrected chi connectivity index (χ1v) is 6.04. The Morgan fingerprint density at radius 1 is 1.44 bits per heavy atom. The predicted octanol–water partition coefficient (Wildman–Crippen LogP) is 2.77. The first-order chi connectivity index (χ1) is 8.75. The standard InChI is InChI=1S/C12H11ClN4O/c1-8(13)11-15-10-3-2-5-14-12(10)17(11)7-9-4-6-18-16-9/h2-6,8H,7H2,1H3. The fraction of sp³-hybridized carbons (Fsp3) is 0.250. The summed E-state index contributed by atoms with van der Waals surface area (Å²) in [7, 11) is 0. The number of fused-ring (bicyclic) bond motifs is 1. The van der Waals surface area contributed by atoms with Crippen LogP contribution in [-0.2, 0) is 6.54 Å². The van der Waals surface area contributed by atoms with Gasteiger partial charge in [0.2, 0.25) is 0 Å². The van der Waals surface area contributed by atoms with E-state index in [1.807, 2.05) is 29.7 Å². The zero-order chi connectivity index (χ0) is 12.5. The SMILES string of the molecule is CC(Cl)c1nc2cccnc2n1Cc1ccon1. The van der Waals surface area contributed by atoms with Crippen molar-refractivity contribution in [2.75, 3.05) is 0 Å². The van der Waals surface area contributed by atoms with Gasteiger partial charge >= 0.3 is 0 Å². The minimum Gasteiger partial charge on any atom is -0.364 e. The molecule has 1 unspecified atom stereocenters. The van der Waals surface area contributed by atoms with Gasteiger partial charge in [-0.25, -0.2) is 9.97 Å². The molecular formula is C12H11ClN4O. The van der Waals surface area contributed by atoms with Crippen molar-refractivity contribution in [3.8, 4) is 0 Å². The first-order valence-electron chi connectivity index (χ1n) is 5.60. The number of rotatable bonds is 3. The van der Waals surface area contributed by atoms with Gasteiger partial charge in [0.15, 0.2) is 5.65 Å². The summed E-state index contributed by atoms with van der Waals surface area (Å²) in [6, 6.07) is 5.60. The Hall–Kier alpha value is -1.88. The highest BCUT2D eigenvalue weighted by molar-refractivity contribution is 6.20. The smallest absolute Gasteiger partial charge is 0.160 e. The van der Waals surface area contributed by atoms with Gasteiger partial charge in [-0.1, -0.05) is 5.16 Å². The largest absolute Gasteiger partial charge is 0.364 e. The molecule has 5 nitrogen and oxygen atoms in total. The maximum Gasteiger partial charge on any atom is 0.160 e. The number of alkyl halides is 1. The van der Waals surface area contributed by atoms with E-state index in [1.165, 1.54) is 0 Å². The fourth-order valence-electron chi connectivity index (χ4n) is 1.92. The van der Waals surface area contributed by atoms with Crippen molar-refractivity contribution in [3.05, 3.63) is 42.2 Å². The van der Waals surface area contributed by atoms with E-state index in [1.54, 1.807) is 12.5 Å². The second kappa shape index (κ2) is 4.42. The van der Waals surface area contributed by atoms with Crippen molar-refractivity contribution in [3.63, 3.8) is 0 Å². The summed E-state index contributed by atoms with van der Waals surface area (Å²) in [5, 5.41) is 3.72. The molecule has 0 aliphatic rings. The van der Waals surface area contributed by atoms with Crippen LogP contribution in [0.3, 0.4) is 0 Å². The molecule has 92 valence electrons. The molecule has 0 saturated heterocycles. The van der Waals surface area contributed by atoms with Crippen LogP contribution in [0, 0.1) is 0 Å². The summed E-state index contributed by atoms with van der Waals surface area (Å²) in [5.74, 6) is 0.786. The van der Waals surface area contributed by atoms with Gasteiger partial charge in [0.1, 0.15) is 23.3 Å². The minimum absolute atomic E-state index is 0.189. The van der Waals surface area contributed by atoms with Crippen LogP contribution < -0.4 is 0 Å². The molecule has 3 heterocycles. The summed E-state index contributed by atoms with van der Waals surface area (Å²) >= 11 is 6.16. The van der Waals surface area contributed by atoms with Crippen LogP contribution >= 0.6 is 11.6 Å². The lowest BCUT2D eigenvalue weighted by Gasteiger charge is -2.07. The Morgan fingerprint density at radius 3 is 3.06 bits per heavy atom. The highest BCUT2D eigenvalue weighted by Crippen LogP contribution is 2.23. The molecule has 0 aromatic carbocycles. The first kappa shape index (κ1) is 11.2. The van der Waals surface area contributed by atoms with E-state index in [0.29, 0.717) is 6.54 Å². The molecule has 3 aromatic heterocycles. The zero-order valence-corrected chi connectivity index (χ0v) is 10.5. The van der Waals surface area contributed by atoms with Crippen LogP contribution in [0.15, 0.2) is 35.2 Å². The number of halogens is 1. The van der Waals surface area contributed by atoms with E-state index in [9.17, 15) is 0 Å². The van der Waals surface area contributed by atoms with Crippen molar-refractivity contribution in [1.29, 1.82) is 0 Å².